The monoisotopic (exact) mass is 380 g/mol. The number of carbonyl (C=O) groups is 1. The van der Waals surface area contributed by atoms with Gasteiger partial charge in [0.1, 0.15) is 0 Å². The van der Waals surface area contributed by atoms with E-state index in [1.165, 1.54) is 37.8 Å². The molecule has 1 saturated carbocycles. The SMILES string of the molecule is NS(=O)(=O)c1ccc(CCNC(=O)N2CCN(C3CCCC3)CC2)cc1. The largest absolute Gasteiger partial charge is 0.338 e. The number of urea groups is 1. The lowest BCUT2D eigenvalue weighted by Crippen LogP contribution is -2.53. The first kappa shape index (κ1) is 19.1. The Morgan fingerprint density at radius 1 is 1.08 bits per heavy atom. The van der Waals surface area contributed by atoms with Crippen molar-refractivity contribution in [3.8, 4) is 0 Å². The summed E-state index contributed by atoms with van der Waals surface area (Å²) in [4.78, 5) is 16.8. The van der Waals surface area contributed by atoms with Crippen LogP contribution in [0.4, 0.5) is 4.79 Å². The Morgan fingerprint density at radius 3 is 2.27 bits per heavy atom. The molecule has 0 bridgehead atoms. The lowest BCUT2D eigenvalue weighted by Gasteiger charge is -2.38. The number of nitrogens with zero attached hydrogens (tertiary/aromatic N) is 2. The highest BCUT2D eigenvalue weighted by atomic mass is 32.2. The van der Waals surface area contributed by atoms with E-state index in [9.17, 15) is 13.2 Å². The summed E-state index contributed by atoms with van der Waals surface area (Å²) in [5.74, 6) is 0. The second-order valence-corrected chi connectivity index (χ2v) is 8.69. The molecule has 1 heterocycles. The lowest BCUT2D eigenvalue weighted by molar-refractivity contribution is 0.110. The van der Waals surface area contributed by atoms with E-state index < -0.39 is 10.0 Å². The number of nitrogens with two attached hydrogens (primary N) is 1. The summed E-state index contributed by atoms with van der Waals surface area (Å²) in [6.07, 6.45) is 5.93. The van der Waals surface area contributed by atoms with E-state index in [0.29, 0.717) is 13.0 Å². The van der Waals surface area contributed by atoms with E-state index in [4.69, 9.17) is 5.14 Å². The van der Waals surface area contributed by atoms with Gasteiger partial charge in [-0.05, 0) is 37.0 Å². The van der Waals surface area contributed by atoms with Crippen molar-refractivity contribution >= 4 is 16.1 Å². The highest BCUT2D eigenvalue weighted by Crippen LogP contribution is 2.24. The highest BCUT2D eigenvalue weighted by molar-refractivity contribution is 7.89. The predicted molar refractivity (Wildman–Crippen MR) is 100 cm³/mol. The molecule has 0 unspecified atom stereocenters. The Labute approximate surface area is 155 Å². The zero-order chi connectivity index (χ0) is 18.6. The first-order chi connectivity index (χ1) is 12.4. The maximum Gasteiger partial charge on any atom is 0.317 e. The number of carbonyl (C=O) groups excluding carboxylic acids is 1. The van der Waals surface area contributed by atoms with E-state index in [0.717, 1.165) is 37.8 Å². The van der Waals surface area contributed by atoms with Crippen LogP contribution in [-0.4, -0.2) is 63.0 Å². The van der Waals surface area contributed by atoms with Crippen LogP contribution in [0.25, 0.3) is 0 Å². The molecule has 2 amide bonds. The van der Waals surface area contributed by atoms with Gasteiger partial charge in [0.25, 0.3) is 0 Å². The van der Waals surface area contributed by atoms with Gasteiger partial charge in [0, 0.05) is 38.8 Å². The summed E-state index contributed by atoms with van der Waals surface area (Å²) < 4.78 is 22.5. The minimum Gasteiger partial charge on any atom is -0.338 e. The van der Waals surface area contributed by atoms with Crippen LogP contribution in [0.15, 0.2) is 29.2 Å². The number of benzene rings is 1. The van der Waals surface area contributed by atoms with Crippen molar-refractivity contribution in [3.05, 3.63) is 29.8 Å². The van der Waals surface area contributed by atoms with Crippen LogP contribution in [0.1, 0.15) is 31.2 Å². The summed E-state index contributed by atoms with van der Waals surface area (Å²) in [7, 11) is -3.66. The maximum atomic E-state index is 12.3. The molecule has 3 N–H and O–H groups in total. The second-order valence-electron chi connectivity index (χ2n) is 7.13. The molecule has 0 radical (unpaired) electrons. The van der Waals surface area contributed by atoms with E-state index in [1.807, 2.05) is 4.90 Å². The smallest absolute Gasteiger partial charge is 0.317 e. The minimum atomic E-state index is -3.66. The van der Waals surface area contributed by atoms with Crippen molar-refractivity contribution in [1.29, 1.82) is 0 Å². The summed E-state index contributed by atoms with van der Waals surface area (Å²) >= 11 is 0. The van der Waals surface area contributed by atoms with Crippen molar-refractivity contribution in [2.75, 3.05) is 32.7 Å². The third-order valence-corrected chi connectivity index (χ3v) is 6.31. The van der Waals surface area contributed by atoms with Crippen LogP contribution in [0, 0.1) is 0 Å². The van der Waals surface area contributed by atoms with Crippen molar-refractivity contribution in [2.24, 2.45) is 5.14 Å². The number of hydrogen-bond donors (Lipinski definition) is 2. The molecule has 1 aromatic carbocycles. The van der Waals surface area contributed by atoms with Crippen molar-refractivity contribution in [2.45, 2.75) is 43.0 Å². The first-order valence-electron chi connectivity index (χ1n) is 9.32. The Morgan fingerprint density at radius 2 is 1.69 bits per heavy atom. The van der Waals surface area contributed by atoms with Gasteiger partial charge >= 0.3 is 6.03 Å². The van der Waals surface area contributed by atoms with Crippen molar-refractivity contribution in [1.82, 2.24) is 15.1 Å². The van der Waals surface area contributed by atoms with Gasteiger partial charge in [-0.3, -0.25) is 4.90 Å². The number of piperazine rings is 1. The molecule has 144 valence electrons. The van der Waals surface area contributed by atoms with Crippen LogP contribution in [-0.2, 0) is 16.4 Å². The molecule has 3 rings (SSSR count). The fourth-order valence-electron chi connectivity index (χ4n) is 3.83. The standard InChI is InChI=1S/C18H28N4O3S/c19-26(24,25)17-7-5-15(6-8-17)9-10-20-18(23)22-13-11-21(12-14-22)16-3-1-2-4-16/h5-8,16H,1-4,9-14H2,(H,20,23)(H2,19,24,25). The number of amides is 2. The Kier molecular flexibility index (Phi) is 6.16. The quantitative estimate of drug-likeness (QED) is 0.801. The molecule has 2 aliphatic rings. The molecule has 7 nitrogen and oxygen atoms in total. The van der Waals surface area contributed by atoms with Gasteiger partial charge in [-0.2, -0.15) is 0 Å². The minimum absolute atomic E-state index is 0.0165. The van der Waals surface area contributed by atoms with Crippen molar-refractivity contribution < 1.29 is 13.2 Å². The van der Waals surface area contributed by atoms with Gasteiger partial charge in [-0.25, -0.2) is 18.4 Å². The Hall–Kier alpha value is -1.64. The third kappa shape index (κ3) is 4.96. The van der Waals surface area contributed by atoms with Gasteiger partial charge in [-0.15, -0.1) is 0 Å². The van der Waals surface area contributed by atoms with E-state index in [2.05, 4.69) is 10.2 Å². The molecular formula is C18H28N4O3S. The lowest BCUT2D eigenvalue weighted by atomic mass is 10.1. The normalized spacial score (nSPS) is 19.7. The average Bonchev–Trinajstić information content (AvgIpc) is 3.16. The van der Waals surface area contributed by atoms with Crippen molar-refractivity contribution in [3.63, 3.8) is 0 Å². The third-order valence-electron chi connectivity index (χ3n) is 5.38. The Bertz CT molecular complexity index is 706. The number of rotatable bonds is 5. The fraction of sp³-hybridized carbons (Fsp3) is 0.611. The number of hydrogen-bond acceptors (Lipinski definition) is 4. The van der Waals surface area contributed by atoms with Gasteiger partial charge in [0.15, 0.2) is 0 Å². The number of nitrogens with one attached hydrogen (secondary N) is 1. The van der Waals surface area contributed by atoms with Crippen LogP contribution in [0.5, 0.6) is 0 Å². The van der Waals surface area contributed by atoms with Gasteiger partial charge in [0.05, 0.1) is 4.90 Å². The molecule has 0 spiro atoms. The molecule has 8 heteroatoms. The van der Waals surface area contributed by atoms with E-state index in [-0.39, 0.29) is 10.9 Å². The zero-order valence-corrected chi connectivity index (χ0v) is 15.9. The highest BCUT2D eigenvalue weighted by Gasteiger charge is 2.27. The maximum absolute atomic E-state index is 12.3. The first-order valence-corrected chi connectivity index (χ1v) is 10.9. The van der Waals surface area contributed by atoms with E-state index >= 15 is 0 Å². The van der Waals surface area contributed by atoms with Crippen LogP contribution >= 0.6 is 0 Å². The van der Waals surface area contributed by atoms with Gasteiger partial charge < -0.3 is 10.2 Å². The molecule has 0 aromatic heterocycles. The molecule has 1 aromatic rings. The van der Waals surface area contributed by atoms with Crippen LogP contribution in [0.3, 0.4) is 0 Å². The van der Waals surface area contributed by atoms with Crippen LogP contribution < -0.4 is 10.5 Å². The summed E-state index contributed by atoms with van der Waals surface area (Å²) in [6, 6.07) is 7.15. The molecule has 1 aliphatic carbocycles. The summed E-state index contributed by atoms with van der Waals surface area (Å²) in [5.41, 5.74) is 0.962. The molecule has 2 fully saturated rings. The topological polar surface area (TPSA) is 95.7 Å². The molecular weight excluding hydrogens is 352 g/mol. The van der Waals surface area contributed by atoms with Gasteiger partial charge in [-0.1, -0.05) is 25.0 Å². The summed E-state index contributed by atoms with van der Waals surface area (Å²) in [5, 5.41) is 8.04. The van der Waals surface area contributed by atoms with E-state index in [1.54, 1.807) is 12.1 Å². The fourth-order valence-corrected chi connectivity index (χ4v) is 4.35. The molecule has 0 atom stereocenters. The van der Waals surface area contributed by atoms with Crippen LogP contribution in [0.2, 0.25) is 0 Å². The molecule has 26 heavy (non-hydrogen) atoms. The zero-order valence-electron chi connectivity index (χ0n) is 15.1. The average molecular weight is 381 g/mol. The molecule has 1 aliphatic heterocycles. The number of sulfonamides is 1. The van der Waals surface area contributed by atoms with Gasteiger partial charge in [0.2, 0.25) is 10.0 Å². The summed E-state index contributed by atoms with van der Waals surface area (Å²) in [6.45, 7) is 4.02. The predicted octanol–water partition coefficient (Wildman–Crippen LogP) is 1.15. The second kappa shape index (κ2) is 8.37. The molecule has 1 saturated heterocycles. The number of primary sulfonamides is 1. The Balaban J connectivity index is 1.39.